The van der Waals surface area contributed by atoms with Gasteiger partial charge in [0, 0.05) is 54.7 Å². The molecular weight excluding hydrogens is 621 g/mol. The van der Waals surface area contributed by atoms with Gasteiger partial charge in [-0.15, -0.1) is 0 Å². The summed E-state index contributed by atoms with van der Waals surface area (Å²) in [6, 6.07) is 14.2. The van der Waals surface area contributed by atoms with Gasteiger partial charge in [-0.3, -0.25) is 4.90 Å². The third kappa shape index (κ3) is 7.99. The van der Waals surface area contributed by atoms with Crippen molar-refractivity contribution < 1.29 is 27.4 Å². The molecule has 0 spiro atoms. The van der Waals surface area contributed by atoms with E-state index in [2.05, 4.69) is 20.2 Å². The summed E-state index contributed by atoms with van der Waals surface area (Å²) in [7, 11) is 2.01. The van der Waals surface area contributed by atoms with Gasteiger partial charge >= 0.3 is 12.7 Å². The van der Waals surface area contributed by atoms with Crippen LogP contribution >= 0.6 is 11.6 Å². The Morgan fingerprint density at radius 1 is 1.02 bits per heavy atom. The number of carbonyl (C=O) groups is 1. The van der Waals surface area contributed by atoms with Gasteiger partial charge in [-0.05, 0) is 75.3 Å². The van der Waals surface area contributed by atoms with Crippen LogP contribution in [0.1, 0.15) is 22.3 Å². The van der Waals surface area contributed by atoms with Gasteiger partial charge in [0.1, 0.15) is 17.4 Å². The van der Waals surface area contributed by atoms with E-state index in [0.717, 1.165) is 29.8 Å². The number of amides is 1. The normalized spacial score (nSPS) is 13.5. The van der Waals surface area contributed by atoms with Crippen molar-refractivity contribution in [1.29, 1.82) is 0 Å². The van der Waals surface area contributed by atoms with Crippen molar-refractivity contribution in [3.63, 3.8) is 0 Å². The highest BCUT2D eigenvalue weighted by molar-refractivity contribution is 6.30. The first-order valence-electron chi connectivity index (χ1n) is 14.6. The Kier molecular flexibility index (Phi) is 10.2. The van der Waals surface area contributed by atoms with Crippen molar-refractivity contribution in [1.82, 2.24) is 14.9 Å². The molecular formula is C33H34ClF3N6O3. The van der Waals surface area contributed by atoms with Gasteiger partial charge in [0.25, 0.3) is 0 Å². The minimum absolute atomic E-state index is 0.00572. The standard InChI is InChI=1S/C33H34ClF3N6O3/c1-20-15-21(2)30(22(3)16-20)46-33(44)43(19-23-17-24(34)5-7-26(23)35)29-9-10-38-32(40-29)39-25-6-8-27(28(18-25)45-31(36)37)42-13-11-41(4)12-14-42/h5-10,15-18,31H,11-14,19H2,1-4H3,(H,38,39,40). The predicted octanol–water partition coefficient (Wildman–Crippen LogP) is 7.50. The second-order valence-corrected chi connectivity index (χ2v) is 11.6. The molecule has 0 bridgehead atoms. The number of carbonyl (C=O) groups excluding carboxylic acids is 1. The lowest BCUT2D eigenvalue weighted by atomic mass is 10.1. The molecule has 5 rings (SSSR count). The van der Waals surface area contributed by atoms with Crippen LogP contribution in [0.2, 0.25) is 5.02 Å². The number of aryl methyl sites for hydroxylation is 3. The number of aromatic nitrogens is 2. The van der Waals surface area contributed by atoms with E-state index in [4.69, 9.17) is 21.1 Å². The van der Waals surface area contributed by atoms with E-state index in [1.807, 2.05) is 44.9 Å². The SMILES string of the molecule is Cc1cc(C)c(OC(=O)N(Cc2cc(Cl)ccc2F)c2ccnc(Nc3ccc(N4CCN(C)CC4)c(OC(F)F)c3)n2)c(C)c1. The fourth-order valence-corrected chi connectivity index (χ4v) is 5.52. The Labute approximate surface area is 270 Å². The Morgan fingerprint density at radius 3 is 2.43 bits per heavy atom. The zero-order valence-corrected chi connectivity index (χ0v) is 26.6. The lowest BCUT2D eigenvalue weighted by molar-refractivity contribution is -0.0495. The van der Waals surface area contributed by atoms with Crippen molar-refractivity contribution in [2.75, 3.05) is 48.3 Å². The fraction of sp³-hybridized carbons (Fsp3) is 0.303. The van der Waals surface area contributed by atoms with Crippen LogP contribution in [0.15, 0.2) is 60.8 Å². The van der Waals surface area contributed by atoms with E-state index >= 15 is 0 Å². The molecule has 1 saturated heterocycles. The van der Waals surface area contributed by atoms with E-state index in [1.54, 1.807) is 12.1 Å². The van der Waals surface area contributed by atoms with Crippen LogP contribution in [0, 0.1) is 26.6 Å². The lowest BCUT2D eigenvalue weighted by Gasteiger charge is -2.35. The molecule has 1 aromatic heterocycles. The molecule has 1 N–H and O–H groups in total. The predicted molar refractivity (Wildman–Crippen MR) is 172 cm³/mol. The average Bonchev–Trinajstić information content (AvgIpc) is 3.00. The summed E-state index contributed by atoms with van der Waals surface area (Å²) in [5, 5.41) is 3.29. The number of hydrogen-bond acceptors (Lipinski definition) is 8. The number of ether oxygens (including phenoxy) is 2. The lowest BCUT2D eigenvalue weighted by Crippen LogP contribution is -2.44. The molecule has 0 unspecified atom stereocenters. The van der Waals surface area contributed by atoms with E-state index in [-0.39, 0.29) is 29.6 Å². The number of nitrogens with zero attached hydrogens (tertiary/aromatic N) is 5. The second-order valence-electron chi connectivity index (χ2n) is 11.1. The van der Waals surface area contributed by atoms with Crippen LogP contribution in [0.3, 0.4) is 0 Å². The molecule has 4 aromatic rings. The summed E-state index contributed by atoms with van der Waals surface area (Å²) in [6.45, 7) is 5.23. The van der Waals surface area contributed by atoms with Crippen LogP contribution in [0.25, 0.3) is 0 Å². The molecule has 46 heavy (non-hydrogen) atoms. The highest BCUT2D eigenvalue weighted by atomic mass is 35.5. The molecule has 0 radical (unpaired) electrons. The van der Waals surface area contributed by atoms with Gasteiger partial charge in [0.15, 0.2) is 5.75 Å². The van der Waals surface area contributed by atoms with E-state index in [9.17, 15) is 18.0 Å². The van der Waals surface area contributed by atoms with E-state index in [1.165, 1.54) is 41.4 Å². The van der Waals surface area contributed by atoms with Crippen LogP contribution in [0.5, 0.6) is 11.5 Å². The van der Waals surface area contributed by atoms with Crippen molar-refractivity contribution >= 4 is 40.8 Å². The summed E-state index contributed by atoms with van der Waals surface area (Å²) >= 11 is 6.14. The Bertz CT molecular complexity index is 1700. The summed E-state index contributed by atoms with van der Waals surface area (Å²) in [6.07, 6.45) is 0.611. The van der Waals surface area contributed by atoms with Crippen LogP contribution in [-0.2, 0) is 6.54 Å². The molecule has 0 atom stereocenters. The largest absolute Gasteiger partial charge is 0.433 e. The monoisotopic (exact) mass is 654 g/mol. The van der Waals surface area contributed by atoms with Crippen molar-refractivity contribution in [3.05, 3.63) is 93.9 Å². The first kappa shape index (κ1) is 32.8. The highest BCUT2D eigenvalue weighted by Gasteiger charge is 2.25. The summed E-state index contributed by atoms with van der Waals surface area (Å²) in [4.78, 5) is 27.8. The van der Waals surface area contributed by atoms with Crippen LogP contribution < -0.4 is 24.6 Å². The molecule has 1 amide bonds. The third-order valence-electron chi connectivity index (χ3n) is 7.54. The maximum absolute atomic E-state index is 14.8. The van der Waals surface area contributed by atoms with Crippen LogP contribution in [-0.4, -0.2) is 60.8 Å². The van der Waals surface area contributed by atoms with Crippen molar-refractivity contribution in [2.24, 2.45) is 0 Å². The van der Waals surface area contributed by atoms with Crippen molar-refractivity contribution in [2.45, 2.75) is 33.9 Å². The van der Waals surface area contributed by atoms with Gasteiger partial charge in [-0.25, -0.2) is 14.2 Å². The maximum atomic E-state index is 14.8. The molecule has 1 aliphatic heterocycles. The zero-order valence-electron chi connectivity index (χ0n) is 25.9. The molecule has 1 aliphatic rings. The first-order chi connectivity index (χ1) is 22.0. The number of hydrogen-bond donors (Lipinski definition) is 1. The molecule has 1 fully saturated rings. The number of alkyl halides is 2. The topological polar surface area (TPSA) is 83.1 Å². The average molecular weight is 655 g/mol. The number of rotatable bonds is 9. The molecule has 2 heterocycles. The first-order valence-corrected chi connectivity index (χ1v) is 15.0. The van der Waals surface area contributed by atoms with Gasteiger partial charge < -0.3 is 24.6 Å². The number of likely N-dealkylation sites (N-methyl/N-ethyl adjacent to an activating group) is 1. The molecule has 0 saturated carbocycles. The number of anilines is 4. The highest BCUT2D eigenvalue weighted by Crippen LogP contribution is 2.34. The quantitative estimate of drug-likeness (QED) is 0.199. The summed E-state index contributed by atoms with van der Waals surface area (Å²) in [5.74, 6) is -0.0237. The summed E-state index contributed by atoms with van der Waals surface area (Å²) in [5.41, 5.74) is 3.60. The third-order valence-corrected chi connectivity index (χ3v) is 7.78. The van der Waals surface area contributed by atoms with E-state index < -0.39 is 18.5 Å². The van der Waals surface area contributed by atoms with Crippen molar-refractivity contribution in [3.8, 4) is 11.5 Å². The molecule has 3 aromatic carbocycles. The zero-order chi connectivity index (χ0) is 33.0. The van der Waals surface area contributed by atoms with Gasteiger partial charge in [0.05, 0.1) is 12.2 Å². The molecule has 9 nitrogen and oxygen atoms in total. The fourth-order valence-electron chi connectivity index (χ4n) is 5.32. The Hall–Kier alpha value is -4.55. The molecule has 242 valence electrons. The van der Waals surface area contributed by atoms with Gasteiger partial charge in [0.2, 0.25) is 5.95 Å². The Balaban J connectivity index is 1.45. The smallest absolute Gasteiger partial charge is 0.421 e. The van der Waals surface area contributed by atoms with Gasteiger partial charge in [-0.2, -0.15) is 13.8 Å². The maximum Gasteiger partial charge on any atom is 0.421 e. The number of benzene rings is 3. The number of piperazine rings is 1. The number of halogens is 4. The van der Waals surface area contributed by atoms with E-state index in [0.29, 0.717) is 35.2 Å². The summed E-state index contributed by atoms with van der Waals surface area (Å²) < 4.78 is 52.3. The van der Waals surface area contributed by atoms with Crippen LogP contribution in [0.4, 0.5) is 41.1 Å². The molecule has 13 heteroatoms. The molecule has 0 aliphatic carbocycles. The minimum Gasteiger partial charge on any atom is -0.433 e. The number of nitrogens with one attached hydrogen (secondary N) is 1. The Morgan fingerprint density at radius 2 is 1.74 bits per heavy atom. The minimum atomic E-state index is -3.02. The second kappa shape index (κ2) is 14.3. The van der Waals surface area contributed by atoms with Gasteiger partial charge in [-0.1, -0.05) is 29.3 Å².